The van der Waals surface area contributed by atoms with Gasteiger partial charge in [0, 0.05) is 55.9 Å². The number of piperidine rings is 1. The molecule has 8 heteroatoms. The van der Waals surface area contributed by atoms with E-state index in [9.17, 15) is 14.9 Å². The first-order valence-electron chi connectivity index (χ1n) is 7.61. The summed E-state index contributed by atoms with van der Waals surface area (Å²) < 4.78 is 5.74. The Hall–Kier alpha value is -3.03. The van der Waals surface area contributed by atoms with Gasteiger partial charge in [-0.1, -0.05) is 0 Å². The maximum absolute atomic E-state index is 12.4. The molecule has 0 saturated carbocycles. The van der Waals surface area contributed by atoms with Gasteiger partial charge in [-0.2, -0.15) is 5.10 Å². The number of carbonyl (C=O) groups excluding carboxylic acids is 1. The van der Waals surface area contributed by atoms with E-state index in [0.29, 0.717) is 37.4 Å². The van der Waals surface area contributed by atoms with Gasteiger partial charge in [0.05, 0.1) is 4.92 Å². The molecular formula is C16H16N4O4. The van der Waals surface area contributed by atoms with E-state index >= 15 is 0 Å². The van der Waals surface area contributed by atoms with E-state index in [1.165, 1.54) is 24.3 Å². The van der Waals surface area contributed by atoms with Crippen molar-refractivity contribution < 1.29 is 14.5 Å². The molecule has 0 aliphatic carbocycles. The number of nitro benzene ring substituents is 1. The lowest BCUT2D eigenvalue weighted by Crippen LogP contribution is -2.41. The molecule has 0 atom stereocenters. The molecule has 0 spiro atoms. The van der Waals surface area contributed by atoms with Crippen LogP contribution in [0.15, 0.2) is 42.6 Å². The lowest BCUT2D eigenvalue weighted by Gasteiger charge is -2.31. The number of aromatic nitrogens is 2. The molecule has 0 radical (unpaired) electrons. The van der Waals surface area contributed by atoms with E-state index in [4.69, 9.17) is 4.74 Å². The monoisotopic (exact) mass is 328 g/mol. The second kappa shape index (κ2) is 7.03. The number of benzene rings is 1. The second-order valence-corrected chi connectivity index (χ2v) is 5.48. The van der Waals surface area contributed by atoms with Gasteiger partial charge < -0.3 is 9.64 Å². The summed E-state index contributed by atoms with van der Waals surface area (Å²) in [5.74, 6) is 0.362. The fourth-order valence-electron chi connectivity index (χ4n) is 2.61. The molecule has 1 aliphatic heterocycles. The summed E-state index contributed by atoms with van der Waals surface area (Å²) in [6, 6.07) is 9.18. The SMILES string of the molecule is O=C(c1ccc([N+](=O)[O-])cc1)N1CCC(Oc2cccnn2)CC1. The van der Waals surface area contributed by atoms with Gasteiger partial charge in [0.2, 0.25) is 5.88 Å². The molecular weight excluding hydrogens is 312 g/mol. The Morgan fingerprint density at radius 2 is 1.92 bits per heavy atom. The standard InChI is InChI=1S/C16H16N4O4/c21-16(12-3-5-13(6-4-12)20(22)23)19-10-7-14(8-11-19)24-15-2-1-9-17-18-15/h1-6,9,14H,7-8,10-11H2. The largest absolute Gasteiger partial charge is 0.473 e. The van der Waals surface area contributed by atoms with E-state index in [2.05, 4.69) is 10.2 Å². The normalized spacial score (nSPS) is 15.1. The molecule has 1 fully saturated rings. The van der Waals surface area contributed by atoms with Gasteiger partial charge in [-0.3, -0.25) is 14.9 Å². The van der Waals surface area contributed by atoms with E-state index in [0.717, 1.165) is 0 Å². The minimum absolute atomic E-state index is 0.00242. The van der Waals surface area contributed by atoms with Crippen molar-refractivity contribution in [2.45, 2.75) is 18.9 Å². The van der Waals surface area contributed by atoms with Crippen molar-refractivity contribution in [3.8, 4) is 5.88 Å². The van der Waals surface area contributed by atoms with Crippen LogP contribution >= 0.6 is 0 Å². The lowest BCUT2D eigenvalue weighted by molar-refractivity contribution is -0.384. The van der Waals surface area contributed by atoms with Crippen molar-refractivity contribution in [2.24, 2.45) is 0 Å². The maximum atomic E-state index is 12.4. The summed E-state index contributed by atoms with van der Waals surface area (Å²) in [6.07, 6.45) is 2.99. The van der Waals surface area contributed by atoms with Gasteiger partial charge in [-0.05, 0) is 18.2 Å². The first-order chi connectivity index (χ1) is 11.6. The first-order valence-corrected chi connectivity index (χ1v) is 7.61. The molecule has 0 bridgehead atoms. The topological polar surface area (TPSA) is 98.5 Å². The van der Waals surface area contributed by atoms with Crippen molar-refractivity contribution in [2.75, 3.05) is 13.1 Å². The molecule has 24 heavy (non-hydrogen) atoms. The van der Waals surface area contributed by atoms with E-state index in [-0.39, 0.29) is 17.7 Å². The number of ether oxygens (including phenoxy) is 1. The third-order valence-corrected chi connectivity index (χ3v) is 3.89. The third-order valence-electron chi connectivity index (χ3n) is 3.89. The molecule has 0 unspecified atom stereocenters. The van der Waals surface area contributed by atoms with E-state index < -0.39 is 4.92 Å². The van der Waals surface area contributed by atoms with Gasteiger partial charge in [0.25, 0.3) is 11.6 Å². The summed E-state index contributed by atoms with van der Waals surface area (Å²) in [7, 11) is 0. The van der Waals surface area contributed by atoms with Crippen LogP contribution in [-0.2, 0) is 0 Å². The molecule has 2 aromatic rings. The highest BCUT2D eigenvalue weighted by Gasteiger charge is 2.25. The van der Waals surface area contributed by atoms with Crippen LogP contribution in [0.25, 0.3) is 0 Å². The van der Waals surface area contributed by atoms with Gasteiger partial charge in [-0.25, -0.2) is 0 Å². The molecule has 1 aromatic heterocycles. The average Bonchev–Trinajstić information content (AvgIpc) is 2.63. The first kappa shape index (κ1) is 15.9. The Labute approximate surface area is 138 Å². The van der Waals surface area contributed by atoms with Crippen LogP contribution in [0.3, 0.4) is 0 Å². The lowest BCUT2D eigenvalue weighted by atomic mass is 10.1. The van der Waals surface area contributed by atoms with Crippen molar-refractivity contribution in [1.29, 1.82) is 0 Å². The maximum Gasteiger partial charge on any atom is 0.269 e. The van der Waals surface area contributed by atoms with Crippen LogP contribution in [0, 0.1) is 10.1 Å². The Bertz CT molecular complexity index is 713. The van der Waals surface area contributed by atoms with Gasteiger partial charge in [0.15, 0.2) is 0 Å². The molecule has 3 rings (SSSR count). The summed E-state index contributed by atoms with van der Waals surface area (Å²) in [5, 5.41) is 18.3. The minimum Gasteiger partial charge on any atom is -0.473 e. The molecule has 1 saturated heterocycles. The average molecular weight is 328 g/mol. The number of amides is 1. The van der Waals surface area contributed by atoms with Crippen LogP contribution in [0.5, 0.6) is 5.88 Å². The third kappa shape index (κ3) is 3.65. The predicted molar refractivity (Wildman–Crippen MR) is 84.7 cm³/mol. The quantitative estimate of drug-likeness (QED) is 0.629. The smallest absolute Gasteiger partial charge is 0.269 e. The second-order valence-electron chi connectivity index (χ2n) is 5.48. The molecule has 124 valence electrons. The number of nitrogens with zero attached hydrogens (tertiary/aromatic N) is 4. The van der Waals surface area contributed by atoms with Crippen molar-refractivity contribution in [1.82, 2.24) is 15.1 Å². The predicted octanol–water partition coefficient (Wildman–Crippen LogP) is 2.07. The Morgan fingerprint density at radius 1 is 1.21 bits per heavy atom. The molecule has 8 nitrogen and oxygen atoms in total. The van der Waals surface area contributed by atoms with Gasteiger partial charge >= 0.3 is 0 Å². The number of nitro groups is 1. The zero-order valence-corrected chi connectivity index (χ0v) is 12.9. The van der Waals surface area contributed by atoms with Crippen LogP contribution in [-0.4, -0.2) is 45.1 Å². The zero-order valence-electron chi connectivity index (χ0n) is 12.9. The molecule has 0 N–H and O–H groups in total. The number of carbonyl (C=O) groups is 1. The van der Waals surface area contributed by atoms with Crippen LogP contribution in [0.1, 0.15) is 23.2 Å². The minimum atomic E-state index is -0.483. The van der Waals surface area contributed by atoms with Gasteiger partial charge in [-0.15, -0.1) is 5.10 Å². The summed E-state index contributed by atoms with van der Waals surface area (Å²) in [5.41, 5.74) is 0.427. The Kier molecular flexibility index (Phi) is 4.64. The Balaban J connectivity index is 1.56. The van der Waals surface area contributed by atoms with Crippen LogP contribution in [0.2, 0.25) is 0 Å². The van der Waals surface area contributed by atoms with Crippen LogP contribution in [0.4, 0.5) is 5.69 Å². The summed E-state index contributed by atoms with van der Waals surface area (Å²) in [6.45, 7) is 1.14. The molecule has 1 aliphatic rings. The molecule has 1 aromatic carbocycles. The van der Waals surface area contributed by atoms with E-state index in [1.807, 2.05) is 0 Å². The fraction of sp³-hybridized carbons (Fsp3) is 0.312. The summed E-state index contributed by atoms with van der Waals surface area (Å²) >= 11 is 0. The number of rotatable bonds is 4. The molecule has 1 amide bonds. The highest BCUT2D eigenvalue weighted by Crippen LogP contribution is 2.19. The van der Waals surface area contributed by atoms with Crippen molar-refractivity contribution in [3.05, 3.63) is 58.3 Å². The van der Waals surface area contributed by atoms with Crippen molar-refractivity contribution in [3.63, 3.8) is 0 Å². The Morgan fingerprint density at radius 3 is 2.50 bits per heavy atom. The number of likely N-dealkylation sites (tertiary alicyclic amines) is 1. The highest BCUT2D eigenvalue weighted by atomic mass is 16.6. The highest BCUT2D eigenvalue weighted by molar-refractivity contribution is 5.94. The summed E-state index contributed by atoms with van der Waals surface area (Å²) in [4.78, 5) is 24.3. The fourth-order valence-corrected chi connectivity index (χ4v) is 2.61. The number of hydrogen-bond donors (Lipinski definition) is 0. The number of non-ortho nitro benzene ring substituents is 1. The van der Waals surface area contributed by atoms with Crippen LogP contribution < -0.4 is 4.74 Å². The van der Waals surface area contributed by atoms with Crippen molar-refractivity contribution >= 4 is 11.6 Å². The van der Waals surface area contributed by atoms with E-state index in [1.54, 1.807) is 23.2 Å². The zero-order chi connectivity index (χ0) is 16.9. The van der Waals surface area contributed by atoms with Gasteiger partial charge in [0.1, 0.15) is 6.10 Å². The molecule has 2 heterocycles. The number of hydrogen-bond acceptors (Lipinski definition) is 6.